The van der Waals surface area contributed by atoms with Crippen LogP contribution in [-0.2, 0) is 5.88 Å². The van der Waals surface area contributed by atoms with E-state index in [4.69, 9.17) is 11.6 Å². The molecule has 1 aliphatic carbocycles. The number of aromatic amines is 1. The van der Waals surface area contributed by atoms with E-state index >= 15 is 0 Å². The van der Waals surface area contributed by atoms with Crippen LogP contribution in [0.2, 0.25) is 0 Å². The number of nitrogens with one attached hydrogen (secondary N) is 1. The van der Waals surface area contributed by atoms with E-state index in [9.17, 15) is 0 Å². The van der Waals surface area contributed by atoms with E-state index in [-0.39, 0.29) is 0 Å². The number of alkyl halides is 1. The van der Waals surface area contributed by atoms with Crippen molar-refractivity contribution in [3.05, 3.63) is 17.7 Å². The molecule has 1 aromatic heterocycles. The third kappa shape index (κ3) is 2.97. The molecule has 84 valence electrons. The van der Waals surface area contributed by atoms with Crippen LogP contribution in [0.5, 0.6) is 0 Å². The molecule has 0 amide bonds. The van der Waals surface area contributed by atoms with Crippen molar-refractivity contribution in [2.45, 2.75) is 56.7 Å². The Bertz CT molecular complexity index is 288. The van der Waals surface area contributed by atoms with Gasteiger partial charge < -0.3 is 4.98 Å². The Hall–Kier alpha value is -0.500. The molecule has 1 heterocycles. The van der Waals surface area contributed by atoms with Crippen molar-refractivity contribution < 1.29 is 0 Å². The SMILES string of the molecule is ClCc1cnc(C2CCCCCCC2)[nH]1. The molecule has 1 aliphatic rings. The molecule has 0 aromatic carbocycles. The highest BCUT2D eigenvalue weighted by Crippen LogP contribution is 2.29. The quantitative estimate of drug-likeness (QED) is 0.760. The largest absolute Gasteiger partial charge is 0.345 e. The molecule has 2 rings (SSSR count). The van der Waals surface area contributed by atoms with Crippen LogP contribution in [0.1, 0.15) is 62.4 Å². The number of imidazole rings is 1. The van der Waals surface area contributed by atoms with Crippen molar-refractivity contribution in [3.8, 4) is 0 Å². The van der Waals surface area contributed by atoms with Crippen molar-refractivity contribution in [1.82, 2.24) is 9.97 Å². The van der Waals surface area contributed by atoms with Crippen LogP contribution in [0.4, 0.5) is 0 Å². The van der Waals surface area contributed by atoms with E-state index in [1.807, 2.05) is 6.20 Å². The minimum absolute atomic E-state index is 0.541. The molecular weight excluding hydrogens is 208 g/mol. The lowest BCUT2D eigenvalue weighted by Gasteiger charge is -2.17. The Morgan fingerprint density at radius 3 is 2.47 bits per heavy atom. The maximum atomic E-state index is 5.77. The summed E-state index contributed by atoms with van der Waals surface area (Å²) in [7, 11) is 0. The number of hydrogen-bond donors (Lipinski definition) is 1. The zero-order chi connectivity index (χ0) is 10.5. The summed E-state index contributed by atoms with van der Waals surface area (Å²) in [6.45, 7) is 0. The van der Waals surface area contributed by atoms with Crippen molar-refractivity contribution in [3.63, 3.8) is 0 Å². The minimum atomic E-state index is 0.541. The van der Waals surface area contributed by atoms with E-state index in [0.717, 1.165) is 11.5 Å². The first-order chi connectivity index (χ1) is 7.40. The van der Waals surface area contributed by atoms with E-state index in [2.05, 4.69) is 9.97 Å². The lowest BCUT2D eigenvalue weighted by atomic mass is 9.91. The van der Waals surface area contributed by atoms with Crippen LogP contribution < -0.4 is 0 Å². The highest BCUT2D eigenvalue weighted by Gasteiger charge is 2.16. The minimum Gasteiger partial charge on any atom is -0.345 e. The third-order valence-electron chi connectivity index (χ3n) is 3.28. The Kier molecular flexibility index (Phi) is 4.07. The fraction of sp³-hybridized carbons (Fsp3) is 0.750. The Labute approximate surface area is 96.4 Å². The molecule has 2 nitrogen and oxygen atoms in total. The van der Waals surface area contributed by atoms with Crippen LogP contribution in [0.3, 0.4) is 0 Å². The molecule has 0 saturated heterocycles. The summed E-state index contributed by atoms with van der Waals surface area (Å²) in [6.07, 6.45) is 11.3. The first kappa shape index (κ1) is 11.0. The second kappa shape index (κ2) is 5.55. The monoisotopic (exact) mass is 226 g/mol. The summed E-state index contributed by atoms with van der Waals surface area (Å²) in [5.74, 6) is 2.34. The van der Waals surface area contributed by atoms with E-state index in [1.54, 1.807) is 0 Å². The van der Waals surface area contributed by atoms with Gasteiger partial charge in [0.05, 0.1) is 5.88 Å². The van der Waals surface area contributed by atoms with Gasteiger partial charge in [-0.05, 0) is 12.8 Å². The predicted molar refractivity (Wildman–Crippen MR) is 63.2 cm³/mol. The van der Waals surface area contributed by atoms with Gasteiger partial charge in [-0.15, -0.1) is 11.6 Å². The van der Waals surface area contributed by atoms with Crippen molar-refractivity contribution in [2.24, 2.45) is 0 Å². The van der Waals surface area contributed by atoms with E-state index < -0.39 is 0 Å². The van der Waals surface area contributed by atoms with Gasteiger partial charge in [-0.2, -0.15) is 0 Å². The van der Waals surface area contributed by atoms with Gasteiger partial charge in [0.25, 0.3) is 0 Å². The average Bonchev–Trinajstić information content (AvgIpc) is 2.65. The standard InChI is InChI=1S/C12H19ClN2/c13-8-11-9-14-12(15-11)10-6-4-2-1-3-5-7-10/h9-10H,1-8H2,(H,14,15). The van der Waals surface area contributed by atoms with Crippen molar-refractivity contribution in [2.75, 3.05) is 0 Å². The van der Waals surface area contributed by atoms with Crippen LogP contribution >= 0.6 is 11.6 Å². The topological polar surface area (TPSA) is 28.7 Å². The number of H-pyrrole nitrogens is 1. The Balaban J connectivity index is 2.00. The van der Waals surface area contributed by atoms with Gasteiger partial charge in [0.2, 0.25) is 0 Å². The number of halogens is 1. The molecule has 15 heavy (non-hydrogen) atoms. The molecule has 0 atom stereocenters. The van der Waals surface area contributed by atoms with Gasteiger partial charge >= 0.3 is 0 Å². The summed E-state index contributed by atoms with van der Waals surface area (Å²) in [6, 6.07) is 0. The molecule has 1 saturated carbocycles. The maximum Gasteiger partial charge on any atom is 0.109 e. The fourth-order valence-corrected chi connectivity index (χ4v) is 2.52. The predicted octanol–water partition coefficient (Wildman–Crippen LogP) is 3.98. The van der Waals surface area contributed by atoms with Gasteiger partial charge in [-0.3, -0.25) is 0 Å². The van der Waals surface area contributed by atoms with Gasteiger partial charge in [-0.1, -0.05) is 32.1 Å². The number of hydrogen-bond acceptors (Lipinski definition) is 1. The molecule has 0 spiro atoms. The molecule has 0 bridgehead atoms. The zero-order valence-electron chi connectivity index (χ0n) is 9.14. The van der Waals surface area contributed by atoms with E-state index in [1.165, 1.54) is 44.9 Å². The maximum absolute atomic E-state index is 5.77. The molecule has 0 unspecified atom stereocenters. The van der Waals surface area contributed by atoms with Gasteiger partial charge in [0, 0.05) is 17.8 Å². The highest BCUT2D eigenvalue weighted by atomic mass is 35.5. The second-order valence-corrected chi connectivity index (χ2v) is 4.74. The Morgan fingerprint density at radius 2 is 1.87 bits per heavy atom. The van der Waals surface area contributed by atoms with Crippen LogP contribution in [0, 0.1) is 0 Å². The Morgan fingerprint density at radius 1 is 1.20 bits per heavy atom. The number of nitrogens with zero attached hydrogens (tertiary/aromatic N) is 1. The number of aromatic nitrogens is 2. The van der Waals surface area contributed by atoms with Crippen LogP contribution in [0.25, 0.3) is 0 Å². The summed E-state index contributed by atoms with van der Waals surface area (Å²) < 4.78 is 0. The summed E-state index contributed by atoms with van der Waals surface area (Å²) in [4.78, 5) is 7.78. The fourth-order valence-electron chi connectivity index (χ4n) is 2.38. The van der Waals surface area contributed by atoms with Gasteiger partial charge in [-0.25, -0.2) is 4.98 Å². The molecule has 3 heteroatoms. The normalized spacial score (nSPS) is 19.8. The van der Waals surface area contributed by atoms with Gasteiger partial charge in [0.15, 0.2) is 0 Å². The summed E-state index contributed by atoms with van der Waals surface area (Å²) in [5, 5.41) is 0. The lowest BCUT2D eigenvalue weighted by Crippen LogP contribution is -2.04. The molecule has 0 aliphatic heterocycles. The summed E-state index contributed by atoms with van der Waals surface area (Å²) in [5.41, 5.74) is 1.05. The lowest BCUT2D eigenvalue weighted by molar-refractivity contribution is 0.444. The first-order valence-electron chi connectivity index (χ1n) is 6.00. The van der Waals surface area contributed by atoms with Crippen molar-refractivity contribution >= 4 is 11.6 Å². The molecule has 1 aromatic rings. The van der Waals surface area contributed by atoms with Crippen molar-refractivity contribution in [1.29, 1.82) is 0 Å². The molecule has 1 N–H and O–H groups in total. The molecular formula is C12H19ClN2. The van der Waals surface area contributed by atoms with E-state index in [0.29, 0.717) is 11.8 Å². The second-order valence-electron chi connectivity index (χ2n) is 4.47. The first-order valence-corrected chi connectivity index (χ1v) is 6.53. The smallest absolute Gasteiger partial charge is 0.109 e. The average molecular weight is 227 g/mol. The third-order valence-corrected chi connectivity index (χ3v) is 3.57. The van der Waals surface area contributed by atoms with Gasteiger partial charge in [0.1, 0.15) is 5.82 Å². The van der Waals surface area contributed by atoms with Crippen LogP contribution in [-0.4, -0.2) is 9.97 Å². The summed E-state index contributed by atoms with van der Waals surface area (Å²) >= 11 is 5.77. The zero-order valence-corrected chi connectivity index (χ0v) is 9.89. The van der Waals surface area contributed by atoms with Crippen LogP contribution in [0.15, 0.2) is 6.20 Å². The number of rotatable bonds is 2. The molecule has 1 fully saturated rings. The molecule has 0 radical (unpaired) electrons. The highest BCUT2D eigenvalue weighted by molar-refractivity contribution is 6.16.